The van der Waals surface area contributed by atoms with Gasteiger partial charge in [-0.1, -0.05) is 30.3 Å². The van der Waals surface area contributed by atoms with Gasteiger partial charge in [0.25, 0.3) is 0 Å². The van der Waals surface area contributed by atoms with E-state index in [0.717, 1.165) is 6.42 Å². The third kappa shape index (κ3) is 5.50. The fourth-order valence-electron chi connectivity index (χ4n) is 1.97. The Balaban J connectivity index is 1.77. The highest BCUT2D eigenvalue weighted by molar-refractivity contribution is 5.86. The normalized spacial score (nSPS) is 11.3. The van der Waals surface area contributed by atoms with Crippen molar-refractivity contribution >= 4 is 11.9 Å². The molecule has 1 heterocycles. The van der Waals surface area contributed by atoms with Crippen LogP contribution in [-0.2, 0) is 17.7 Å². The lowest BCUT2D eigenvalue weighted by molar-refractivity contribution is 0.0488. The predicted molar refractivity (Wildman–Crippen MR) is 88.1 cm³/mol. The maximum absolute atomic E-state index is 11.5. The highest BCUT2D eigenvalue weighted by Gasteiger charge is 2.11. The number of hydrogen-bond acceptors (Lipinski definition) is 4. The molecule has 0 aliphatic rings. The summed E-state index contributed by atoms with van der Waals surface area (Å²) in [7, 11) is 0. The molecule has 0 bridgehead atoms. The highest BCUT2D eigenvalue weighted by atomic mass is 16.5. The van der Waals surface area contributed by atoms with Crippen molar-refractivity contribution in [3.05, 3.63) is 59.5 Å². The van der Waals surface area contributed by atoms with Crippen LogP contribution in [0.3, 0.4) is 0 Å². The van der Waals surface area contributed by atoms with Gasteiger partial charge in [0.1, 0.15) is 12.3 Å². The Kier molecular flexibility index (Phi) is 6.23. The van der Waals surface area contributed by atoms with E-state index in [2.05, 4.69) is 22.4 Å². The molecule has 1 aromatic carbocycles. The molecule has 0 saturated carbocycles. The van der Waals surface area contributed by atoms with E-state index >= 15 is 0 Å². The Morgan fingerprint density at radius 1 is 1.26 bits per heavy atom. The minimum absolute atomic E-state index is 0.174. The summed E-state index contributed by atoms with van der Waals surface area (Å²) in [6.07, 6.45) is 0.866. The zero-order valence-corrected chi connectivity index (χ0v) is 13.1. The van der Waals surface area contributed by atoms with Crippen LogP contribution in [0.4, 0.5) is 0 Å². The Bertz CT molecular complexity index is 650. The average molecular weight is 315 g/mol. The van der Waals surface area contributed by atoms with Crippen molar-refractivity contribution < 1.29 is 13.9 Å². The number of furan rings is 1. The molecule has 2 aromatic rings. The molecule has 0 aliphatic heterocycles. The molecular weight excluding hydrogens is 294 g/mol. The molecule has 0 radical (unpaired) electrons. The lowest BCUT2D eigenvalue weighted by Gasteiger charge is -2.05. The summed E-state index contributed by atoms with van der Waals surface area (Å²) >= 11 is 0. The van der Waals surface area contributed by atoms with Gasteiger partial charge < -0.3 is 20.2 Å². The number of hydrogen-bond donors (Lipinski definition) is 2. The number of nitrogens with two attached hydrogens (primary N) is 1. The number of esters is 1. The third-order valence-electron chi connectivity index (χ3n) is 3.11. The lowest BCUT2D eigenvalue weighted by atomic mass is 10.1. The van der Waals surface area contributed by atoms with E-state index in [9.17, 15) is 4.79 Å². The van der Waals surface area contributed by atoms with Gasteiger partial charge in [-0.25, -0.2) is 9.79 Å². The van der Waals surface area contributed by atoms with Crippen LogP contribution in [0, 0.1) is 0 Å². The average Bonchev–Trinajstić information content (AvgIpc) is 3.03. The second-order valence-electron chi connectivity index (χ2n) is 4.85. The summed E-state index contributed by atoms with van der Waals surface area (Å²) in [5.74, 6) is 0.597. The van der Waals surface area contributed by atoms with E-state index in [4.69, 9.17) is 14.9 Å². The van der Waals surface area contributed by atoms with Gasteiger partial charge >= 0.3 is 5.97 Å². The number of aliphatic imine (C=N–C) groups is 1. The van der Waals surface area contributed by atoms with E-state index in [1.54, 1.807) is 19.1 Å². The summed E-state index contributed by atoms with van der Waals surface area (Å²) in [6.45, 7) is 3.02. The molecule has 6 nitrogen and oxygen atoms in total. The topological polar surface area (TPSA) is 89.8 Å². The van der Waals surface area contributed by atoms with Crippen molar-refractivity contribution in [1.82, 2.24) is 5.32 Å². The van der Waals surface area contributed by atoms with Gasteiger partial charge in [-0.2, -0.15) is 0 Å². The molecule has 0 unspecified atom stereocenters. The van der Waals surface area contributed by atoms with Crippen LogP contribution < -0.4 is 11.1 Å². The van der Waals surface area contributed by atoms with Crippen molar-refractivity contribution in [2.24, 2.45) is 10.7 Å². The number of ether oxygens (including phenoxy) is 1. The smallest absolute Gasteiger partial charge is 0.374 e. The van der Waals surface area contributed by atoms with E-state index in [0.29, 0.717) is 24.9 Å². The van der Waals surface area contributed by atoms with Crippen LogP contribution in [-0.4, -0.2) is 25.1 Å². The number of carbonyl (C=O) groups is 1. The number of benzene rings is 1. The number of nitrogens with zero attached hydrogens (tertiary/aromatic N) is 1. The van der Waals surface area contributed by atoms with E-state index in [1.165, 1.54) is 5.56 Å². The molecule has 0 spiro atoms. The molecule has 3 N–H and O–H groups in total. The van der Waals surface area contributed by atoms with Crippen LogP contribution in [0.25, 0.3) is 0 Å². The minimum Gasteiger partial charge on any atom is -0.460 e. The quantitative estimate of drug-likeness (QED) is 0.464. The molecule has 0 fully saturated rings. The second-order valence-corrected chi connectivity index (χ2v) is 4.85. The monoisotopic (exact) mass is 315 g/mol. The zero-order chi connectivity index (χ0) is 16.5. The van der Waals surface area contributed by atoms with Gasteiger partial charge in [0.05, 0.1) is 6.61 Å². The first-order chi connectivity index (χ1) is 11.2. The van der Waals surface area contributed by atoms with Gasteiger partial charge in [0.2, 0.25) is 5.76 Å². The van der Waals surface area contributed by atoms with E-state index < -0.39 is 5.97 Å². The summed E-state index contributed by atoms with van der Waals surface area (Å²) in [5, 5.41) is 3.05. The van der Waals surface area contributed by atoms with Gasteiger partial charge in [-0.15, -0.1) is 0 Å². The SMILES string of the molecule is CCOC(=O)c1ccc(CN=C(N)NCCc2ccccc2)o1. The molecule has 0 amide bonds. The van der Waals surface area contributed by atoms with E-state index in [1.807, 2.05) is 18.2 Å². The van der Waals surface area contributed by atoms with Crippen molar-refractivity contribution in [1.29, 1.82) is 0 Å². The van der Waals surface area contributed by atoms with Gasteiger partial charge in [-0.3, -0.25) is 0 Å². The molecule has 0 atom stereocenters. The van der Waals surface area contributed by atoms with Crippen LogP contribution in [0.2, 0.25) is 0 Å². The van der Waals surface area contributed by atoms with Crippen molar-refractivity contribution in [2.75, 3.05) is 13.2 Å². The first kappa shape index (κ1) is 16.6. The molecule has 2 rings (SSSR count). The minimum atomic E-state index is -0.475. The Labute approximate surface area is 135 Å². The maximum Gasteiger partial charge on any atom is 0.374 e. The standard InChI is InChI=1S/C17H21N3O3/c1-2-22-16(21)15-9-8-14(23-15)12-20-17(18)19-11-10-13-6-4-3-5-7-13/h3-9H,2,10-12H2,1H3,(H3,18,19,20). The fraction of sp³-hybridized carbons (Fsp3) is 0.294. The summed E-state index contributed by atoms with van der Waals surface area (Å²) in [4.78, 5) is 15.7. The third-order valence-corrected chi connectivity index (χ3v) is 3.11. The second kappa shape index (κ2) is 8.63. The molecule has 1 aromatic heterocycles. The maximum atomic E-state index is 11.5. The van der Waals surface area contributed by atoms with Crippen LogP contribution in [0.1, 0.15) is 28.8 Å². The summed E-state index contributed by atoms with van der Waals surface area (Å²) in [6, 6.07) is 13.4. The first-order valence-electron chi connectivity index (χ1n) is 7.52. The molecule has 23 heavy (non-hydrogen) atoms. The summed E-state index contributed by atoms with van der Waals surface area (Å²) in [5.41, 5.74) is 7.04. The predicted octanol–water partition coefficient (Wildman–Crippen LogP) is 2.10. The Hall–Kier alpha value is -2.76. The molecule has 6 heteroatoms. The number of nitrogens with one attached hydrogen (secondary N) is 1. The highest BCUT2D eigenvalue weighted by Crippen LogP contribution is 2.10. The lowest BCUT2D eigenvalue weighted by Crippen LogP contribution is -2.33. The zero-order valence-electron chi connectivity index (χ0n) is 13.1. The Morgan fingerprint density at radius 3 is 2.78 bits per heavy atom. The van der Waals surface area contributed by atoms with Crippen molar-refractivity contribution in [2.45, 2.75) is 19.9 Å². The van der Waals surface area contributed by atoms with Gasteiger partial charge in [-0.05, 0) is 31.0 Å². The molecule has 122 valence electrons. The van der Waals surface area contributed by atoms with Gasteiger partial charge in [0.15, 0.2) is 5.96 Å². The summed E-state index contributed by atoms with van der Waals surface area (Å²) < 4.78 is 10.2. The molecular formula is C17H21N3O3. The van der Waals surface area contributed by atoms with Crippen LogP contribution >= 0.6 is 0 Å². The first-order valence-corrected chi connectivity index (χ1v) is 7.52. The number of guanidine groups is 1. The fourth-order valence-corrected chi connectivity index (χ4v) is 1.97. The van der Waals surface area contributed by atoms with Crippen LogP contribution in [0.5, 0.6) is 0 Å². The molecule has 0 saturated heterocycles. The van der Waals surface area contributed by atoms with Gasteiger partial charge in [0, 0.05) is 6.54 Å². The van der Waals surface area contributed by atoms with Crippen molar-refractivity contribution in [3.63, 3.8) is 0 Å². The largest absolute Gasteiger partial charge is 0.460 e. The van der Waals surface area contributed by atoms with Crippen molar-refractivity contribution in [3.8, 4) is 0 Å². The molecule has 0 aliphatic carbocycles. The Morgan fingerprint density at radius 2 is 2.04 bits per heavy atom. The number of rotatable bonds is 7. The van der Waals surface area contributed by atoms with Crippen LogP contribution in [0.15, 0.2) is 51.9 Å². The number of carbonyl (C=O) groups excluding carboxylic acids is 1. The van der Waals surface area contributed by atoms with E-state index in [-0.39, 0.29) is 12.3 Å².